The molecule has 6 heteroatoms. The fourth-order valence-corrected chi connectivity index (χ4v) is 4.47. The minimum absolute atomic E-state index is 0.125. The molecule has 1 unspecified atom stereocenters. The molecule has 0 bridgehead atoms. The maximum Gasteiger partial charge on any atom is 0.290 e. The number of amides is 1. The number of nitrogens with zero attached hydrogens (tertiary/aromatic N) is 1. The van der Waals surface area contributed by atoms with Crippen molar-refractivity contribution in [3.05, 3.63) is 105 Å². The van der Waals surface area contributed by atoms with Gasteiger partial charge < -0.3 is 18.8 Å². The van der Waals surface area contributed by atoms with Crippen LogP contribution in [-0.4, -0.2) is 31.6 Å². The van der Waals surface area contributed by atoms with E-state index in [1.165, 1.54) is 0 Å². The van der Waals surface area contributed by atoms with Gasteiger partial charge in [0.1, 0.15) is 5.58 Å². The van der Waals surface area contributed by atoms with Gasteiger partial charge in [0, 0.05) is 6.54 Å². The second-order valence-corrected chi connectivity index (χ2v) is 7.92. The van der Waals surface area contributed by atoms with Crippen LogP contribution in [0.25, 0.3) is 11.0 Å². The van der Waals surface area contributed by atoms with E-state index in [0.29, 0.717) is 41.0 Å². The van der Waals surface area contributed by atoms with Gasteiger partial charge in [-0.15, -0.1) is 0 Å². The molecule has 0 saturated carbocycles. The Bertz CT molecular complexity index is 1390. The Kier molecular flexibility index (Phi) is 5.34. The smallest absolute Gasteiger partial charge is 0.290 e. The summed E-state index contributed by atoms with van der Waals surface area (Å²) >= 11 is 0. The van der Waals surface area contributed by atoms with Gasteiger partial charge in [0.15, 0.2) is 16.9 Å². The Hall–Kier alpha value is -4.06. The van der Waals surface area contributed by atoms with Crippen LogP contribution in [-0.2, 0) is 6.42 Å². The molecule has 1 aliphatic heterocycles. The standard InChI is InChI=1S/C27H23NO5/c1-31-21-13-12-17(16-22(21)32-2)14-15-28-24(18-8-4-3-5-9-18)23-25(29)19-10-6-7-11-20(19)33-26(23)27(28)30/h3-13,16,24H,14-15H2,1-2H3. The predicted octanol–water partition coefficient (Wildman–Crippen LogP) is 4.60. The molecule has 1 atom stereocenters. The molecule has 33 heavy (non-hydrogen) atoms. The number of carbonyl (C=O) groups is 1. The summed E-state index contributed by atoms with van der Waals surface area (Å²) in [5.74, 6) is 1.13. The highest BCUT2D eigenvalue weighted by atomic mass is 16.5. The van der Waals surface area contributed by atoms with E-state index in [2.05, 4.69) is 0 Å². The second kappa shape index (κ2) is 8.47. The van der Waals surface area contributed by atoms with Gasteiger partial charge >= 0.3 is 0 Å². The van der Waals surface area contributed by atoms with Crippen LogP contribution in [0.15, 0.2) is 82.0 Å². The molecule has 166 valence electrons. The molecule has 0 radical (unpaired) electrons. The topological polar surface area (TPSA) is 69.0 Å². The third-order valence-corrected chi connectivity index (χ3v) is 6.08. The largest absolute Gasteiger partial charge is 0.493 e. The van der Waals surface area contributed by atoms with Gasteiger partial charge in [-0.05, 0) is 41.8 Å². The number of methoxy groups -OCH3 is 2. The minimum atomic E-state index is -0.505. The zero-order valence-corrected chi connectivity index (χ0v) is 18.4. The van der Waals surface area contributed by atoms with Crippen molar-refractivity contribution in [1.29, 1.82) is 0 Å². The number of fused-ring (bicyclic) bond motifs is 2. The summed E-state index contributed by atoms with van der Waals surface area (Å²) in [6, 6.07) is 21.8. The SMILES string of the molecule is COc1ccc(CCN2C(=O)c3oc4ccccc4c(=O)c3C2c2ccccc2)cc1OC. The van der Waals surface area contributed by atoms with E-state index in [9.17, 15) is 9.59 Å². The predicted molar refractivity (Wildman–Crippen MR) is 125 cm³/mol. The van der Waals surface area contributed by atoms with Crippen LogP contribution in [0.3, 0.4) is 0 Å². The molecule has 6 nitrogen and oxygen atoms in total. The van der Waals surface area contributed by atoms with Gasteiger partial charge in [-0.25, -0.2) is 0 Å². The lowest BCUT2D eigenvalue weighted by Gasteiger charge is -2.25. The maximum absolute atomic E-state index is 13.5. The zero-order valence-electron chi connectivity index (χ0n) is 18.4. The van der Waals surface area contributed by atoms with E-state index in [1.807, 2.05) is 48.5 Å². The van der Waals surface area contributed by atoms with Gasteiger partial charge in [-0.3, -0.25) is 9.59 Å². The summed E-state index contributed by atoms with van der Waals surface area (Å²) in [5.41, 5.74) is 2.52. The fourth-order valence-electron chi connectivity index (χ4n) is 4.47. The van der Waals surface area contributed by atoms with E-state index in [0.717, 1.165) is 11.1 Å². The summed E-state index contributed by atoms with van der Waals surface area (Å²) in [5, 5.41) is 0.478. The van der Waals surface area contributed by atoms with Crippen LogP contribution in [0.4, 0.5) is 0 Å². The number of para-hydroxylation sites is 1. The molecule has 5 rings (SSSR count). The lowest BCUT2D eigenvalue weighted by molar-refractivity contribution is 0.0730. The first-order valence-corrected chi connectivity index (χ1v) is 10.7. The van der Waals surface area contributed by atoms with Crippen molar-refractivity contribution in [2.75, 3.05) is 20.8 Å². The molecule has 3 aromatic carbocycles. The molecule has 1 amide bonds. The number of ether oxygens (including phenoxy) is 2. The average molecular weight is 441 g/mol. The monoisotopic (exact) mass is 441 g/mol. The molecular weight excluding hydrogens is 418 g/mol. The molecule has 1 aromatic heterocycles. The Morgan fingerprint density at radius 2 is 1.61 bits per heavy atom. The van der Waals surface area contributed by atoms with Gasteiger partial charge in [0.05, 0.1) is 31.2 Å². The lowest BCUT2D eigenvalue weighted by atomic mass is 9.98. The normalized spacial score (nSPS) is 15.0. The molecular formula is C27H23NO5. The van der Waals surface area contributed by atoms with E-state index in [1.54, 1.807) is 43.4 Å². The van der Waals surface area contributed by atoms with Crippen LogP contribution >= 0.6 is 0 Å². The van der Waals surface area contributed by atoms with Crippen molar-refractivity contribution < 1.29 is 18.7 Å². The van der Waals surface area contributed by atoms with Crippen molar-refractivity contribution >= 4 is 16.9 Å². The minimum Gasteiger partial charge on any atom is -0.493 e. The number of hydrogen-bond donors (Lipinski definition) is 0. The van der Waals surface area contributed by atoms with Gasteiger partial charge in [-0.2, -0.15) is 0 Å². The maximum atomic E-state index is 13.5. The van der Waals surface area contributed by atoms with E-state index in [4.69, 9.17) is 13.9 Å². The van der Waals surface area contributed by atoms with Crippen LogP contribution in [0.1, 0.15) is 33.3 Å². The molecule has 1 aliphatic rings. The molecule has 0 fully saturated rings. The first kappa shape index (κ1) is 20.8. The number of benzene rings is 3. The van der Waals surface area contributed by atoms with Crippen molar-refractivity contribution in [2.24, 2.45) is 0 Å². The van der Waals surface area contributed by atoms with E-state index in [-0.39, 0.29) is 17.1 Å². The Labute approximate surface area is 191 Å². The third kappa shape index (κ3) is 3.53. The molecule has 0 spiro atoms. The van der Waals surface area contributed by atoms with Gasteiger partial charge in [-0.1, -0.05) is 48.5 Å². The first-order valence-electron chi connectivity index (χ1n) is 10.7. The van der Waals surface area contributed by atoms with Gasteiger partial charge in [0.2, 0.25) is 5.76 Å². The van der Waals surface area contributed by atoms with E-state index >= 15 is 0 Å². The molecule has 0 aliphatic carbocycles. The van der Waals surface area contributed by atoms with Crippen molar-refractivity contribution in [1.82, 2.24) is 4.90 Å². The summed E-state index contributed by atoms with van der Waals surface area (Å²) in [6.45, 7) is 0.411. The summed E-state index contributed by atoms with van der Waals surface area (Å²) < 4.78 is 16.7. The highest BCUT2D eigenvalue weighted by Gasteiger charge is 2.42. The van der Waals surface area contributed by atoms with Crippen molar-refractivity contribution in [3.8, 4) is 11.5 Å². The van der Waals surface area contributed by atoms with Crippen LogP contribution in [0.5, 0.6) is 11.5 Å². The quantitative estimate of drug-likeness (QED) is 0.438. The molecule has 0 saturated heterocycles. The highest BCUT2D eigenvalue weighted by Crippen LogP contribution is 2.38. The Morgan fingerprint density at radius 3 is 2.36 bits per heavy atom. The van der Waals surface area contributed by atoms with Crippen LogP contribution in [0, 0.1) is 0 Å². The molecule has 2 heterocycles. The summed E-state index contributed by atoms with van der Waals surface area (Å²) in [7, 11) is 3.19. The molecule has 0 N–H and O–H groups in total. The summed E-state index contributed by atoms with van der Waals surface area (Å²) in [6.07, 6.45) is 0.580. The van der Waals surface area contributed by atoms with Crippen molar-refractivity contribution in [2.45, 2.75) is 12.5 Å². The number of carbonyl (C=O) groups excluding carboxylic acids is 1. The Morgan fingerprint density at radius 1 is 0.879 bits per heavy atom. The van der Waals surface area contributed by atoms with Crippen molar-refractivity contribution in [3.63, 3.8) is 0 Å². The third-order valence-electron chi connectivity index (χ3n) is 6.08. The summed E-state index contributed by atoms with van der Waals surface area (Å²) in [4.78, 5) is 28.6. The zero-order chi connectivity index (χ0) is 22.9. The van der Waals surface area contributed by atoms with Crippen LogP contribution in [0.2, 0.25) is 0 Å². The average Bonchev–Trinajstić information content (AvgIpc) is 3.14. The molecule has 4 aromatic rings. The Balaban J connectivity index is 1.56. The van der Waals surface area contributed by atoms with Crippen LogP contribution < -0.4 is 14.9 Å². The second-order valence-electron chi connectivity index (χ2n) is 7.92. The van der Waals surface area contributed by atoms with Gasteiger partial charge in [0.25, 0.3) is 5.91 Å². The number of rotatable bonds is 6. The lowest BCUT2D eigenvalue weighted by Crippen LogP contribution is -2.31. The first-order chi connectivity index (χ1) is 16.1. The number of hydrogen-bond acceptors (Lipinski definition) is 5. The highest BCUT2D eigenvalue weighted by molar-refractivity contribution is 5.99. The van der Waals surface area contributed by atoms with E-state index < -0.39 is 6.04 Å². The fraction of sp³-hybridized carbons (Fsp3) is 0.185.